The quantitative estimate of drug-likeness (QED) is 0.385. The topological polar surface area (TPSA) is 93.0 Å². The van der Waals surface area contributed by atoms with Crippen molar-refractivity contribution in [2.75, 3.05) is 26.4 Å². The number of hydrogen-bond acceptors (Lipinski definition) is 5. The summed E-state index contributed by atoms with van der Waals surface area (Å²) in [6.07, 6.45) is 0.665. The van der Waals surface area contributed by atoms with Gasteiger partial charge in [-0.15, -0.1) is 0 Å². The van der Waals surface area contributed by atoms with E-state index in [9.17, 15) is 0 Å². The molecule has 0 radical (unpaired) electrons. The Morgan fingerprint density at radius 2 is 1.40 bits per heavy atom. The van der Waals surface area contributed by atoms with Crippen LogP contribution in [0.3, 0.4) is 0 Å². The summed E-state index contributed by atoms with van der Waals surface area (Å²) in [5.74, 6) is 0. The summed E-state index contributed by atoms with van der Waals surface area (Å²) in [7, 11) is 0. The van der Waals surface area contributed by atoms with Gasteiger partial charge in [0.05, 0.1) is 32.0 Å². The molecular formula is C10H25NO4. The lowest BCUT2D eigenvalue weighted by Gasteiger charge is -2.32. The Hall–Kier alpha value is -0.200. The number of aliphatic hydroxyl groups excluding tert-OH is 4. The van der Waals surface area contributed by atoms with E-state index >= 15 is 0 Å². The number of aliphatic hydroxyl groups is 4. The van der Waals surface area contributed by atoms with Crippen LogP contribution in [0.5, 0.6) is 0 Å². The average molecular weight is 223 g/mol. The molecule has 5 heteroatoms. The second-order valence-corrected chi connectivity index (χ2v) is 3.19. The molecule has 1 atom stereocenters. The van der Waals surface area contributed by atoms with Crippen LogP contribution in [0.2, 0.25) is 0 Å². The predicted molar refractivity (Wildman–Crippen MR) is 59.6 cm³/mol. The fourth-order valence-corrected chi connectivity index (χ4v) is 0.997. The van der Waals surface area contributed by atoms with Gasteiger partial charge in [-0.05, 0) is 6.42 Å². The van der Waals surface area contributed by atoms with Gasteiger partial charge in [-0.1, -0.05) is 20.8 Å². The van der Waals surface area contributed by atoms with Crippen LogP contribution in [-0.4, -0.2) is 58.4 Å². The monoisotopic (exact) mass is 223 g/mol. The third-order valence-corrected chi connectivity index (χ3v) is 2.13. The summed E-state index contributed by atoms with van der Waals surface area (Å²) < 4.78 is 0. The Kier molecular flexibility index (Phi) is 11.8. The van der Waals surface area contributed by atoms with Crippen molar-refractivity contribution in [3.63, 3.8) is 0 Å². The summed E-state index contributed by atoms with van der Waals surface area (Å²) in [5, 5.41) is 38.5. The normalized spacial score (nSPS) is 13.0. The van der Waals surface area contributed by atoms with E-state index in [-0.39, 0.29) is 32.5 Å². The SMILES string of the molecule is CC.CCC(CO)NC(CO)(CO)CO. The zero-order valence-corrected chi connectivity index (χ0v) is 9.90. The van der Waals surface area contributed by atoms with E-state index in [1.807, 2.05) is 20.8 Å². The van der Waals surface area contributed by atoms with Crippen molar-refractivity contribution in [3.8, 4) is 0 Å². The molecule has 0 heterocycles. The summed E-state index contributed by atoms with van der Waals surface area (Å²) in [4.78, 5) is 0. The second kappa shape index (κ2) is 10.3. The molecule has 0 spiro atoms. The van der Waals surface area contributed by atoms with Gasteiger partial charge in [0.15, 0.2) is 0 Å². The minimum atomic E-state index is -1.09. The summed E-state index contributed by atoms with van der Waals surface area (Å²) >= 11 is 0. The Labute approximate surface area is 91.8 Å². The molecule has 0 bridgehead atoms. The standard InChI is InChI=1S/C8H19NO4.C2H6/c1-2-7(3-10)9-8(4-11,5-12)6-13;1-2/h7,9-13H,2-6H2,1H3;1-2H3. The van der Waals surface area contributed by atoms with Crippen molar-refractivity contribution < 1.29 is 20.4 Å². The molecule has 5 N–H and O–H groups in total. The van der Waals surface area contributed by atoms with E-state index in [1.54, 1.807) is 0 Å². The zero-order chi connectivity index (χ0) is 12.3. The lowest BCUT2D eigenvalue weighted by atomic mass is 10.0. The minimum Gasteiger partial charge on any atom is -0.395 e. The molecule has 0 aliphatic heterocycles. The molecule has 0 aromatic carbocycles. The van der Waals surface area contributed by atoms with Gasteiger partial charge in [-0.3, -0.25) is 0 Å². The van der Waals surface area contributed by atoms with Crippen LogP contribution < -0.4 is 5.32 Å². The van der Waals surface area contributed by atoms with Crippen LogP contribution >= 0.6 is 0 Å². The molecule has 15 heavy (non-hydrogen) atoms. The molecule has 0 fully saturated rings. The Bertz CT molecular complexity index is 116. The van der Waals surface area contributed by atoms with Gasteiger partial charge >= 0.3 is 0 Å². The Balaban J connectivity index is 0. The molecule has 0 aliphatic carbocycles. The van der Waals surface area contributed by atoms with Crippen molar-refractivity contribution in [3.05, 3.63) is 0 Å². The lowest BCUT2D eigenvalue weighted by molar-refractivity contribution is 0.0275. The lowest BCUT2D eigenvalue weighted by Crippen LogP contribution is -2.59. The molecule has 0 aromatic heterocycles. The maximum atomic E-state index is 8.95. The van der Waals surface area contributed by atoms with Gasteiger partial charge in [0, 0.05) is 6.04 Å². The number of hydrogen-bond donors (Lipinski definition) is 5. The first-order valence-electron chi connectivity index (χ1n) is 5.39. The van der Waals surface area contributed by atoms with E-state index in [1.165, 1.54) is 0 Å². The molecule has 0 aromatic rings. The molecule has 94 valence electrons. The van der Waals surface area contributed by atoms with Crippen LogP contribution in [0.15, 0.2) is 0 Å². The highest BCUT2D eigenvalue weighted by Gasteiger charge is 2.29. The smallest absolute Gasteiger partial charge is 0.0884 e. The van der Waals surface area contributed by atoms with Crippen LogP contribution in [0, 0.1) is 0 Å². The van der Waals surface area contributed by atoms with E-state index in [0.29, 0.717) is 6.42 Å². The van der Waals surface area contributed by atoms with Gasteiger partial charge in [-0.2, -0.15) is 0 Å². The minimum absolute atomic E-state index is 0.0851. The highest BCUT2D eigenvalue weighted by Crippen LogP contribution is 2.04. The van der Waals surface area contributed by atoms with Crippen LogP contribution in [0.25, 0.3) is 0 Å². The first-order chi connectivity index (χ1) is 7.17. The van der Waals surface area contributed by atoms with Crippen molar-refractivity contribution in [1.82, 2.24) is 5.32 Å². The van der Waals surface area contributed by atoms with Gasteiger partial charge < -0.3 is 25.7 Å². The fraction of sp³-hybridized carbons (Fsp3) is 1.00. The third-order valence-electron chi connectivity index (χ3n) is 2.13. The third kappa shape index (κ3) is 6.06. The second-order valence-electron chi connectivity index (χ2n) is 3.19. The summed E-state index contributed by atoms with van der Waals surface area (Å²) in [6, 6.07) is -0.216. The molecule has 1 unspecified atom stereocenters. The highest BCUT2D eigenvalue weighted by molar-refractivity contribution is 4.89. The van der Waals surface area contributed by atoms with Gasteiger partial charge in [-0.25, -0.2) is 0 Å². The largest absolute Gasteiger partial charge is 0.395 e. The molecule has 0 amide bonds. The fourth-order valence-electron chi connectivity index (χ4n) is 0.997. The molecular weight excluding hydrogens is 198 g/mol. The summed E-state index contributed by atoms with van der Waals surface area (Å²) in [6.45, 7) is 4.69. The predicted octanol–water partition coefficient (Wildman–Crippen LogP) is -0.911. The van der Waals surface area contributed by atoms with Gasteiger partial charge in [0.1, 0.15) is 0 Å². The maximum absolute atomic E-state index is 8.95. The van der Waals surface area contributed by atoms with Crippen molar-refractivity contribution in [2.24, 2.45) is 0 Å². The zero-order valence-electron chi connectivity index (χ0n) is 9.90. The van der Waals surface area contributed by atoms with Gasteiger partial charge in [0.25, 0.3) is 0 Å². The van der Waals surface area contributed by atoms with Crippen molar-refractivity contribution in [2.45, 2.75) is 38.8 Å². The average Bonchev–Trinajstić information content (AvgIpc) is 2.34. The Morgan fingerprint density at radius 1 is 1.00 bits per heavy atom. The molecule has 0 saturated carbocycles. The first-order valence-corrected chi connectivity index (χ1v) is 5.39. The summed E-state index contributed by atoms with van der Waals surface area (Å²) in [5.41, 5.74) is -1.09. The van der Waals surface area contributed by atoms with Crippen LogP contribution in [-0.2, 0) is 0 Å². The van der Waals surface area contributed by atoms with E-state index < -0.39 is 5.54 Å². The first kappa shape index (κ1) is 17.2. The van der Waals surface area contributed by atoms with E-state index in [0.717, 1.165) is 0 Å². The molecule has 5 nitrogen and oxygen atoms in total. The van der Waals surface area contributed by atoms with E-state index in [4.69, 9.17) is 20.4 Å². The Morgan fingerprint density at radius 3 is 1.60 bits per heavy atom. The highest BCUT2D eigenvalue weighted by atomic mass is 16.3. The van der Waals surface area contributed by atoms with Crippen LogP contribution in [0.1, 0.15) is 27.2 Å². The molecule has 0 rings (SSSR count). The van der Waals surface area contributed by atoms with Crippen molar-refractivity contribution in [1.29, 1.82) is 0 Å². The number of nitrogens with one attached hydrogen (secondary N) is 1. The number of rotatable bonds is 7. The molecule has 0 saturated heterocycles. The van der Waals surface area contributed by atoms with Crippen molar-refractivity contribution >= 4 is 0 Å². The molecule has 0 aliphatic rings. The van der Waals surface area contributed by atoms with Crippen LogP contribution in [0.4, 0.5) is 0 Å². The van der Waals surface area contributed by atoms with Gasteiger partial charge in [0.2, 0.25) is 0 Å². The maximum Gasteiger partial charge on any atom is 0.0884 e. The van der Waals surface area contributed by atoms with E-state index in [2.05, 4.69) is 5.32 Å².